The van der Waals surface area contributed by atoms with Crippen LogP contribution in [0, 0.1) is 29.0 Å². The van der Waals surface area contributed by atoms with E-state index in [9.17, 15) is 13.2 Å². The Bertz CT molecular complexity index is 1890. The molecular formula is C41H53Cl2FN4O4S. The van der Waals surface area contributed by atoms with Crippen molar-refractivity contribution in [2.45, 2.75) is 84.2 Å². The quantitative estimate of drug-likeness (QED) is 0.184. The summed E-state index contributed by atoms with van der Waals surface area (Å²) in [6.07, 6.45) is 3.08. The zero-order chi connectivity index (χ0) is 38.2. The number of amides is 1. The molecule has 53 heavy (non-hydrogen) atoms. The van der Waals surface area contributed by atoms with Crippen molar-refractivity contribution in [3.63, 3.8) is 0 Å². The first kappa shape index (κ1) is 39.9. The van der Waals surface area contributed by atoms with Crippen molar-refractivity contribution in [2.24, 2.45) is 23.2 Å². The fraction of sp³-hybridized carbons (Fsp3) is 0.537. The molecule has 1 aliphatic heterocycles. The number of hydrogen-bond acceptors (Lipinski definition) is 6. The van der Waals surface area contributed by atoms with Gasteiger partial charge in [-0.2, -0.15) is 4.31 Å². The van der Waals surface area contributed by atoms with Gasteiger partial charge in [-0.15, -0.1) is 0 Å². The highest BCUT2D eigenvalue weighted by molar-refractivity contribution is 7.89. The molecule has 0 spiro atoms. The van der Waals surface area contributed by atoms with E-state index in [-0.39, 0.29) is 49.0 Å². The molecule has 4 aliphatic rings. The topological polar surface area (TPSA) is 82.2 Å². The van der Waals surface area contributed by atoms with E-state index in [1.54, 1.807) is 6.07 Å². The molecule has 3 aromatic carbocycles. The van der Waals surface area contributed by atoms with Gasteiger partial charge in [-0.05, 0) is 104 Å². The standard InChI is InChI=1S/C41H53Cl2FN4O4S/c1-26-34-20-30(41(34,2)3)21-36(26)45-40(49)37-16-17-53(50,51)48(37)23-29-9-7-8-28(18-29)22-47(25-33-35(43)14-15-38(52-6)39(33)44)32(24-46(4)5)19-27-10-12-31(42)13-11-27/h7-15,18,26,30,32,34,36-37H,16-17,19-25H2,1-6H3,(H,45,49)/t26-,30?,32-,34-,36-,37?/m0/s1. The van der Waals surface area contributed by atoms with Crippen LogP contribution in [-0.2, 0) is 40.9 Å². The number of sulfonamides is 1. The molecule has 4 fully saturated rings. The number of nitrogens with zero attached hydrogens (tertiary/aromatic N) is 3. The minimum Gasteiger partial charge on any atom is -0.494 e. The van der Waals surface area contributed by atoms with Crippen LogP contribution < -0.4 is 10.1 Å². The van der Waals surface area contributed by atoms with Crippen molar-refractivity contribution in [3.8, 4) is 5.75 Å². The molecule has 288 valence electrons. The minimum atomic E-state index is -3.63. The van der Waals surface area contributed by atoms with Crippen LogP contribution in [0.15, 0.2) is 60.7 Å². The van der Waals surface area contributed by atoms with Crippen LogP contribution in [0.3, 0.4) is 0 Å². The predicted molar refractivity (Wildman–Crippen MR) is 210 cm³/mol. The molecule has 12 heteroatoms. The van der Waals surface area contributed by atoms with Crippen LogP contribution in [-0.4, -0.2) is 80.1 Å². The van der Waals surface area contributed by atoms with Gasteiger partial charge in [-0.25, -0.2) is 12.8 Å². The first-order chi connectivity index (χ1) is 25.1. The van der Waals surface area contributed by atoms with Crippen molar-refractivity contribution in [1.29, 1.82) is 0 Å². The number of rotatable bonds is 14. The number of ether oxygens (including phenoxy) is 1. The summed E-state index contributed by atoms with van der Waals surface area (Å²) in [5.41, 5.74) is 3.43. The van der Waals surface area contributed by atoms with Crippen molar-refractivity contribution >= 4 is 39.1 Å². The molecule has 1 saturated heterocycles. The SMILES string of the molecule is COc1ccc(Cl)c(CN(Cc2cccc(CN3C(C(=O)N[C@H]4CC5C[C@@H]([C@@H]4C)C5(C)C)CCS3(=O)=O)c2)[C@@H](Cc2ccc(Cl)cc2)CN(C)C)c1F. The van der Waals surface area contributed by atoms with E-state index in [1.807, 2.05) is 62.6 Å². The number of benzene rings is 3. The molecule has 1 N–H and O–H groups in total. The number of nitrogens with one attached hydrogen (secondary N) is 1. The Balaban J connectivity index is 1.24. The van der Waals surface area contributed by atoms with Gasteiger partial charge in [0.1, 0.15) is 6.04 Å². The molecule has 7 rings (SSSR count). The maximum Gasteiger partial charge on any atom is 0.238 e. The van der Waals surface area contributed by atoms with E-state index < -0.39 is 21.9 Å². The highest BCUT2D eigenvalue weighted by Crippen LogP contribution is 2.61. The van der Waals surface area contributed by atoms with Gasteiger partial charge in [0.2, 0.25) is 15.9 Å². The number of likely N-dealkylation sites (N-methyl/N-ethyl adjacent to an activating group) is 1. The summed E-state index contributed by atoms with van der Waals surface area (Å²) in [4.78, 5) is 18.1. The summed E-state index contributed by atoms with van der Waals surface area (Å²) in [7, 11) is 1.82. The van der Waals surface area contributed by atoms with Gasteiger partial charge >= 0.3 is 0 Å². The Morgan fingerprint density at radius 3 is 2.42 bits per heavy atom. The lowest BCUT2D eigenvalue weighted by Gasteiger charge is -2.62. The van der Waals surface area contributed by atoms with Gasteiger partial charge < -0.3 is 15.0 Å². The second-order valence-electron chi connectivity index (χ2n) is 16.2. The van der Waals surface area contributed by atoms with Gasteiger partial charge in [0.25, 0.3) is 0 Å². The van der Waals surface area contributed by atoms with Crippen LogP contribution in [0.2, 0.25) is 10.0 Å². The molecule has 2 bridgehead atoms. The Morgan fingerprint density at radius 1 is 1.04 bits per heavy atom. The number of hydrogen-bond donors (Lipinski definition) is 1. The van der Waals surface area contributed by atoms with Crippen molar-refractivity contribution < 1.29 is 22.3 Å². The molecule has 1 amide bonds. The first-order valence-corrected chi connectivity index (χ1v) is 21.0. The highest BCUT2D eigenvalue weighted by Gasteiger charge is 2.56. The van der Waals surface area contributed by atoms with E-state index in [2.05, 4.69) is 35.9 Å². The summed E-state index contributed by atoms with van der Waals surface area (Å²) in [6, 6.07) is 18.0. The number of methoxy groups -OCH3 is 1. The third-order valence-electron chi connectivity index (χ3n) is 12.3. The third kappa shape index (κ3) is 8.73. The van der Waals surface area contributed by atoms with Crippen LogP contribution in [0.25, 0.3) is 0 Å². The van der Waals surface area contributed by atoms with Gasteiger partial charge in [0.05, 0.1) is 12.9 Å². The lowest BCUT2D eigenvalue weighted by molar-refractivity contribution is -0.136. The summed E-state index contributed by atoms with van der Waals surface area (Å²) >= 11 is 12.8. The average Bonchev–Trinajstić information content (AvgIpc) is 3.40. The number of halogens is 3. The summed E-state index contributed by atoms with van der Waals surface area (Å²) in [5, 5.41) is 4.24. The van der Waals surface area contributed by atoms with E-state index in [0.29, 0.717) is 58.3 Å². The number of carbonyl (C=O) groups is 1. The van der Waals surface area contributed by atoms with Gasteiger partial charge in [-0.3, -0.25) is 9.69 Å². The second kappa shape index (κ2) is 16.2. The molecule has 8 nitrogen and oxygen atoms in total. The molecule has 0 aromatic heterocycles. The van der Waals surface area contributed by atoms with Crippen LogP contribution in [0.4, 0.5) is 4.39 Å². The van der Waals surface area contributed by atoms with Gasteiger partial charge in [0.15, 0.2) is 11.6 Å². The third-order valence-corrected chi connectivity index (χ3v) is 14.7. The zero-order valence-electron chi connectivity index (χ0n) is 31.6. The second-order valence-corrected chi connectivity index (χ2v) is 19.1. The lowest BCUT2D eigenvalue weighted by Crippen LogP contribution is -2.61. The molecular weight excluding hydrogens is 734 g/mol. The van der Waals surface area contributed by atoms with E-state index >= 15 is 4.39 Å². The maximum atomic E-state index is 15.8. The molecule has 3 aliphatic carbocycles. The Kier molecular flexibility index (Phi) is 12.2. The van der Waals surface area contributed by atoms with E-state index in [0.717, 1.165) is 23.1 Å². The average molecular weight is 788 g/mol. The van der Waals surface area contributed by atoms with Crippen molar-refractivity contribution in [1.82, 2.24) is 19.4 Å². The van der Waals surface area contributed by atoms with Crippen LogP contribution in [0.5, 0.6) is 5.75 Å². The summed E-state index contributed by atoms with van der Waals surface area (Å²) in [5.74, 6) is 0.868. The maximum absolute atomic E-state index is 15.8. The monoisotopic (exact) mass is 786 g/mol. The van der Waals surface area contributed by atoms with Gasteiger partial charge in [0, 0.05) is 53.9 Å². The van der Waals surface area contributed by atoms with Gasteiger partial charge in [-0.1, -0.05) is 80.4 Å². The highest BCUT2D eigenvalue weighted by atomic mass is 35.5. The Labute approximate surface area is 325 Å². The van der Waals surface area contributed by atoms with Crippen molar-refractivity contribution in [3.05, 3.63) is 98.8 Å². The number of carbonyl (C=O) groups excluding carboxylic acids is 1. The van der Waals surface area contributed by atoms with E-state index in [4.69, 9.17) is 27.9 Å². The lowest BCUT2D eigenvalue weighted by atomic mass is 9.45. The van der Waals surface area contributed by atoms with E-state index in [1.165, 1.54) is 23.9 Å². The normalized spacial score (nSPS) is 25.3. The molecule has 3 aromatic rings. The fourth-order valence-electron chi connectivity index (χ4n) is 9.07. The largest absolute Gasteiger partial charge is 0.494 e. The van der Waals surface area contributed by atoms with Crippen LogP contribution >= 0.6 is 23.2 Å². The molecule has 2 unspecified atom stereocenters. The molecule has 6 atom stereocenters. The van der Waals surface area contributed by atoms with Crippen molar-refractivity contribution in [2.75, 3.05) is 33.5 Å². The van der Waals surface area contributed by atoms with Crippen LogP contribution in [0.1, 0.15) is 62.3 Å². The Hall–Kier alpha value is -2.73. The summed E-state index contributed by atoms with van der Waals surface area (Å²) < 4.78 is 49.3. The molecule has 1 heterocycles. The Morgan fingerprint density at radius 2 is 1.75 bits per heavy atom. The zero-order valence-corrected chi connectivity index (χ0v) is 33.9. The summed E-state index contributed by atoms with van der Waals surface area (Å²) in [6.45, 7) is 8.28. The smallest absolute Gasteiger partial charge is 0.238 e. The number of fused-ring (bicyclic) bond motifs is 2. The first-order valence-electron chi connectivity index (χ1n) is 18.6. The predicted octanol–water partition coefficient (Wildman–Crippen LogP) is 7.41. The fourth-order valence-corrected chi connectivity index (χ4v) is 11.1. The molecule has 0 radical (unpaired) electrons. The minimum absolute atomic E-state index is 0.0547. The molecule has 3 saturated carbocycles.